The maximum Gasteiger partial charge on any atom is 0.309 e. The van der Waals surface area contributed by atoms with Crippen LogP contribution >= 0.6 is 0 Å². The van der Waals surface area contributed by atoms with Gasteiger partial charge in [-0.1, -0.05) is 6.08 Å². The van der Waals surface area contributed by atoms with Crippen LogP contribution in [0.4, 0.5) is 11.6 Å². The fourth-order valence-corrected chi connectivity index (χ4v) is 0.867. The van der Waals surface area contributed by atoms with Gasteiger partial charge in [0.25, 0.3) is 0 Å². The molecular weight excluding hydrogens is 196 g/mol. The third-order valence-electron chi connectivity index (χ3n) is 1.65. The molecule has 1 aromatic rings. The lowest BCUT2D eigenvalue weighted by Gasteiger charge is -1.98. The molecule has 15 heavy (non-hydrogen) atoms. The van der Waals surface area contributed by atoms with Gasteiger partial charge in [-0.25, -0.2) is 9.97 Å². The largest absolute Gasteiger partial charge is 0.469 e. The van der Waals surface area contributed by atoms with E-state index in [0.29, 0.717) is 5.69 Å². The number of carbonyl (C=O) groups is 1. The number of nitrogens with zero attached hydrogens (tertiary/aromatic N) is 2. The SMILES string of the molecule is COC(=O)CC=Cc1cnc(N)c(N)n1. The monoisotopic (exact) mass is 208 g/mol. The number of esters is 1. The second kappa shape index (κ2) is 4.94. The Morgan fingerprint density at radius 2 is 2.27 bits per heavy atom. The molecule has 0 amide bonds. The molecular formula is C9H12N4O2. The Labute approximate surface area is 87.0 Å². The molecule has 0 radical (unpaired) electrons. The van der Waals surface area contributed by atoms with E-state index in [1.165, 1.54) is 13.3 Å². The van der Waals surface area contributed by atoms with E-state index in [1.807, 2.05) is 0 Å². The lowest BCUT2D eigenvalue weighted by Crippen LogP contribution is -2.01. The number of methoxy groups -OCH3 is 1. The number of anilines is 2. The first-order chi connectivity index (χ1) is 7.13. The summed E-state index contributed by atoms with van der Waals surface area (Å²) >= 11 is 0. The maximum absolute atomic E-state index is 10.8. The molecule has 1 rings (SSSR count). The van der Waals surface area contributed by atoms with Crippen LogP contribution in [-0.2, 0) is 9.53 Å². The Morgan fingerprint density at radius 1 is 1.53 bits per heavy atom. The van der Waals surface area contributed by atoms with Gasteiger partial charge in [0.1, 0.15) is 0 Å². The summed E-state index contributed by atoms with van der Waals surface area (Å²) in [7, 11) is 1.33. The molecule has 0 fully saturated rings. The van der Waals surface area contributed by atoms with Crippen molar-refractivity contribution in [2.45, 2.75) is 6.42 Å². The number of rotatable bonds is 3. The molecule has 0 aliphatic heterocycles. The lowest BCUT2D eigenvalue weighted by molar-refractivity contribution is -0.139. The second-order valence-corrected chi connectivity index (χ2v) is 2.75. The van der Waals surface area contributed by atoms with Gasteiger partial charge in [0.05, 0.1) is 25.4 Å². The highest BCUT2D eigenvalue weighted by molar-refractivity contribution is 5.72. The van der Waals surface area contributed by atoms with E-state index in [0.717, 1.165) is 0 Å². The predicted octanol–water partition coefficient (Wildman–Crippen LogP) is 0.217. The topological polar surface area (TPSA) is 104 Å². The van der Waals surface area contributed by atoms with Gasteiger partial charge in [-0.15, -0.1) is 0 Å². The molecule has 0 aliphatic carbocycles. The van der Waals surface area contributed by atoms with Crippen LogP contribution in [0.3, 0.4) is 0 Å². The normalized spacial score (nSPS) is 10.5. The van der Waals surface area contributed by atoms with Crippen molar-refractivity contribution < 1.29 is 9.53 Å². The van der Waals surface area contributed by atoms with E-state index in [4.69, 9.17) is 11.5 Å². The first-order valence-corrected chi connectivity index (χ1v) is 4.25. The fraction of sp³-hybridized carbons (Fsp3) is 0.222. The molecule has 6 heteroatoms. The van der Waals surface area contributed by atoms with Gasteiger partial charge >= 0.3 is 5.97 Å². The summed E-state index contributed by atoms with van der Waals surface area (Å²) in [6, 6.07) is 0. The Hall–Kier alpha value is -2.11. The van der Waals surface area contributed by atoms with E-state index >= 15 is 0 Å². The standard InChI is InChI=1S/C9H12N4O2/c1-15-7(14)4-2-3-6-5-12-8(10)9(11)13-6/h2-3,5H,4H2,1H3,(H2,10,12)(H2,11,13). The zero-order valence-corrected chi connectivity index (χ0v) is 8.30. The van der Waals surface area contributed by atoms with Crippen molar-refractivity contribution in [2.75, 3.05) is 18.6 Å². The number of hydrogen-bond donors (Lipinski definition) is 2. The molecule has 0 saturated heterocycles. The van der Waals surface area contributed by atoms with Gasteiger partial charge in [0.15, 0.2) is 11.6 Å². The maximum atomic E-state index is 10.8. The van der Waals surface area contributed by atoms with Crippen LogP contribution in [-0.4, -0.2) is 23.0 Å². The van der Waals surface area contributed by atoms with Gasteiger partial charge in [-0.05, 0) is 6.08 Å². The minimum absolute atomic E-state index is 0.176. The minimum atomic E-state index is -0.317. The highest BCUT2D eigenvalue weighted by Gasteiger charge is 1.98. The molecule has 0 atom stereocenters. The fourth-order valence-electron chi connectivity index (χ4n) is 0.867. The molecule has 1 heterocycles. The van der Waals surface area contributed by atoms with Crippen molar-refractivity contribution in [1.29, 1.82) is 0 Å². The Bertz CT molecular complexity index is 390. The molecule has 1 aromatic heterocycles. The Balaban J connectivity index is 2.65. The van der Waals surface area contributed by atoms with E-state index in [-0.39, 0.29) is 24.0 Å². The number of hydrogen-bond acceptors (Lipinski definition) is 6. The predicted molar refractivity (Wildman–Crippen MR) is 56.5 cm³/mol. The zero-order valence-electron chi connectivity index (χ0n) is 8.30. The number of carbonyl (C=O) groups excluding carboxylic acids is 1. The Morgan fingerprint density at radius 3 is 2.87 bits per heavy atom. The van der Waals surface area contributed by atoms with Gasteiger partial charge in [-0.2, -0.15) is 0 Å². The van der Waals surface area contributed by atoms with Crippen LogP contribution < -0.4 is 11.5 Å². The van der Waals surface area contributed by atoms with Crippen LogP contribution in [0.5, 0.6) is 0 Å². The third kappa shape index (κ3) is 3.26. The summed E-state index contributed by atoms with van der Waals surface area (Å²) < 4.78 is 4.46. The molecule has 0 spiro atoms. The molecule has 6 nitrogen and oxygen atoms in total. The molecule has 4 N–H and O–H groups in total. The van der Waals surface area contributed by atoms with Crippen molar-refractivity contribution >= 4 is 23.7 Å². The van der Waals surface area contributed by atoms with Crippen LogP contribution in [0.15, 0.2) is 12.3 Å². The number of aromatic nitrogens is 2. The van der Waals surface area contributed by atoms with Crippen LogP contribution in [0.1, 0.15) is 12.1 Å². The van der Waals surface area contributed by atoms with Gasteiger partial charge in [-0.3, -0.25) is 4.79 Å². The second-order valence-electron chi connectivity index (χ2n) is 2.75. The molecule has 0 aromatic carbocycles. The lowest BCUT2D eigenvalue weighted by atomic mass is 10.3. The van der Waals surface area contributed by atoms with E-state index in [2.05, 4.69) is 14.7 Å². The quantitative estimate of drug-likeness (QED) is 0.688. The van der Waals surface area contributed by atoms with Gasteiger partial charge < -0.3 is 16.2 Å². The number of nitrogen functional groups attached to an aromatic ring is 2. The summed E-state index contributed by atoms with van der Waals surface area (Å²) in [5.74, 6) is 0.0537. The average molecular weight is 208 g/mol. The highest BCUT2D eigenvalue weighted by atomic mass is 16.5. The zero-order chi connectivity index (χ0) is 11.3. The average Bonchev–Trinajstić information content (AvgIpc) is 2.23. The third-order valence-corrected chi connectivity index (χ3v) is 1.65. The summed E-state index contributed by atoms with van der Waals surface area (Å²) in [5, 5.41) is 0. The van der Waals surface area contributed by atoms with Crippen molar-refractivity contribution in [2.24, 2.45) is 0 Å². The van der Waals surface area contributed by atoms with Crippen molar-refractivity contribution in [1.82, 2.24) is 9.97 Å². The van der Waals surface area contributed by atoms with Crippen molar-refractivity contribution in [3.63, 3.8) is 0 Å². The molecule has 80 valence electrons. The van der Waals surface area contributed by atoms with Gasteiger partial charge in [0, 0.05) is 0 Å². The first-order valence-electron chi connectivity index (χ1n) is 4.25. The summed E-state index contributed by atoms with van der Waals surface area (Å²) in [6.45, 7) is 0. The van der Waals surface area contributed by atoms with Crippen LogP contribution in [0.2, 0.25) is 0 Å². The first kappa shape index (κ1) is 11.0. The number of ether oxygens (including phenoxy) is 1. The van der Waals surface area contributed by atoms with E-state index < -0.39 is 0 Å². The molecule has 0 saturated carbocycles. The van der Waals surface area contributed by atoms with Crippen LogP contribution in [0.25, 0.3) is 6.08 Å². The summed E-state index contributed by atoms with van der Waals surface area (Å²) in [4.78, 5) is 18.5. The Kier molecular flexibility index (Phi) is 3.61. The van der Waals surface area contributed by atoms with Crippen LogP contribution in [0, 0.1) is 0 Å². The molecule has 0 unspecified atom stereocenters. The number of nitrogens with two attached hydrogens (primary N) is 2. The minimum Gasteiger partial charge on any atom is -0.469 e. The summed E-state index contributed by atoms with van der Waals surface area (Å²) in [6.07, 6.45) is 4.90. The molecule has 0 aliphatic rings. The van der Waals surface area contributed by atoms with Gasteiger partial charge in [0.2, 0.25) is 0 Å². The smallest absolute Gasteiger partial charge is 0.309 e. The summed E-state index contributed by atoms with van der Waals surface area (Å²) in [5.41, 5.74) is 11.4. The molecule has 0 bridgehead atoms. The van der Waals surface area contributed by atoms with E-state index in [9.17, 15) is 4.79 Å². The van der Waals surface area contributed by atoms with Crippen molar-refractivity contribution in [3.8, 4) is 0 Å². The van der Waals surface area contributed by atoms with Crippen molar-refractivity contribution in [3.05, 3.63) is 18.0 Å². The van der Waals surface area contributed by atoms with E-state index in [1.54, 1.807) is 12.2 Å². The highest BCUT2D eigenvalue weighted by Crippen LogP contribution is 2.08.